The molecular formula is C21H23N3OS. The van der Waals surface area contributed by atoms with Crippen LogP contribution in [0, 0.1) is 12.3 Å². The molecule has 0 spiro atoms. The Kier molecular flexibility index (Phi) is 6.70. The maximum absolute atomic E-state index is 12.7. The Bertz CT molecular complexity index is 772. The molecule has 1 aromatic carbocycles. The SMILES string of the molecule is C#CCN1CCCCC1C(=O)Nc1cccc(CSc2ccccn2)c1. The number of thioether (sulfide) groups is 1. The molecule has 1 amide bonds. The van der Waals surface area contributed by atoms with Crippen LogP contribution in [0.15, 0.2) is 53.7 Å². The molecule has 0 aliphatic carbocycles. The highest BCUT2D eigenvalue weighted by molar-refractivity contribution is 7.98. The van der Waals surface area contributed by atoms with E-state index in [4.69, 9.17) is 6.42 Å². The van der Waals surface area contributed by atoms with Crippen LogP contribution >= 0.6 is 11.8 Å². The number of nitrogens with zero attached hydrogens (tertiary/aromatic N) is 2. The predicted octanol–water partition coefficient (Wildman–Crippen LogP) is 3.80. The van der Waals surface area contributed by atoms with E-state index in [9.17, 15) is 4.79 Å². The van der Waals surface area contributed by atoms with Gasteiger partial charge in [-0.1, -0.05) is 30.5 Å². The minimum absolute atomic E-state index is 0.0366. The van der Waals surface area contributed by atoms with Crippen LogP contribution in [0.25, 0.3) is 0 Å². The number of rotatable bonds is 6. The van der Waals surface area contributed by atoms with Crippen LogP contribution in [0.5, 0.6) is 0 Å². The number of carbonyl (C=O) groups excluding carboxylic acids is 1. The van der Waals surface area contributed by atoms with Crippen molar-refractivity contribution >= 4 is 23.4 Å². The third kappa shape index (κ3) is 5.10. The fraction of sp³-hybridized carbons (Fsp3) is 0.333. The van der Waals surface area contributed by atoms with Crippen molar-refractivity contribution in [3.63, 3.8) is 0 Å². The quantitative estimate of drug-likeness (QED) is 0.625. The number of anilines is 1. The van der Waals surface area contributed by atoms with Crippen molar-refractivity contribution in [2.45, 2.75) is 36.1 Å². The second-order valence-electron chi connectivity index (χ2n) is 6.33. The summed E-state index contributed by atoms with van der Waals surface area (Å²) in [7, 11) is 0. The first-order valence-electron chi connectivity index (χ1n) is 8.87. The molecule has 1 atom stereocenters. The van der Waals surface area contributed by atoms with E-state index in [1.54, 1.807) is 18.0 Å². The number of nitrogens with one attached hydrogen (secondary N) is 1. The van der Waals surface area contributed by atoms with Crippen LogP contribution in [-0.2, 0) is 10.5 Å². The van der Waals surface area contributed by atoms with Crippen LogP contribution in [0.2, 0.25) is 0 Å². The molecule has 1 saturated heterocycles. The molecule has 3 rings (SSSR count). The Labute approximate surface area is 159 Å². The number of pyridine rings is 1. The first kappa shape index (κ1) is 18.5. The van der Waals surface area contributed by atoms with Crippen LogP contribution in [0.4, 0.5) is 5.69 Å². The molecule has 5 heteroatoms. The van der Waals surface area contributed by atoms with E-state index < -0.39 is 0 Å². The maximum Gasteiger partial charge on any atom is 0.241 e. The molecule has 0 bridgehead atoms. The standard InChI is InChI=1S/C21H23N3OS/c1-2-13-24-14-6-4-10-19(24)21(25)23-18-9-7-8-17(15-18)16-26-20-11-3-5-12-22-20/h1,3,5,7-9,11-12,15,19H,4,6,10,13-14,16H2,(H,23,25). The lowest BCUT2D eigenvalue weighted by atomic mass is 10.0. The number of hydrogen-bond acceptors (Lipinski definition) is 4. The van der Waals surface area contributed by atoms with E-state index in [0.29, 0.717) is 6.54 Å². The first-order valence-corrected chi connectivity index (χ1v) is 9.86. The second-order valence-corrected chi connectivity index (χ2v) is 7.33. The molecule has 2 heterocycles. The number of likely N-dealkylation sites (tertiary alicyclic amines) is 1. The normalized spacial score (nSPS) is 17.4. The van der Waals surface area contributed by atoms with Gasteiger partial charge in [-0.15, -0.1) is 18.2 Å². The Balaban J connectivity index is 1.60. The Morgan fingerprint density at radius 1 is 1.31 bits per heavy atom. The Morgan fingerprint density at radius 3 is 3.04 bits per heavy atom. The van der Waals surface area contributed by atoms with E-state index in [2.05, 4.69) is 27.2 Å². The van der Waals surface area contributed by atoms with Gasteiger partial charge in [-0.25, -0.2) is 4.98 Å². The second kappa shape index (κ2) is 9.42. The van der Waals surface area contributed by atoms with Gasteiger partial charge in [0.25, 0.3) is 0 Å². The van der Waals surface area contributed by atoms with Crippen LogP contribution in [0.1, 0.15) is 24.8 Å². The van der Waals surface area contributed by atoms with E-state index in [0.717, 1.165) is 47.8 Å². The third-order valence-electron chi connectivity index (χ3n) is 4.43. The highest BCUT2D eigenvalue weighted by atomic mass is 32.2. The zero-order chi connectivity index (χ0) is 18.2. The fourth-order valence-corrected chi connectivity index (χ4v) is 3.95. The van der Waals surface area contributed by atoms with Crippen LogP contribution in [0.3, 0.4) is 0 Å². The highest BCUT2D eigenvalue weighted by Crippen LogP contribution is 2.23. The van der Waals surface area contributed by atoms with Gasteiger partial charge < -0.3 is 5.32 Å². The summed E-state index contributed by atoms with van der Waals surface area (Å²) in [6, 6.07) is 13.8. The monoisotopic (exact) mass is 365 g/mol. The lowest BCUT2D eigenvalue weighted by Gasteiger charge is -2.33. The number of hydrogen-bond donors (Lipinski definition) is 1. The lowest BCUT2D eigenvalue weighted by Crippen LogP contribution is -2.47. The Morgan fingerprint density at radius 2 is 2.23 bits per heavy atom. The summed E-state index contributed by atoms with van der Waals surface area (Å²) >= 11 is 1.68. The topological polar surface area (TPSA) is 45.2 Å². The van der Waals surface area contributed by atoms with Crippen molar-refractivity contribution in [1.29, 1.82) is 0 Å². The van der Waals surface area contributed by atoms with Gasteiger partial charge in [-0.05, 0) is 49.2 Å². The predicted molar refractivity (Wildman–Crippen MR) is 107 cm³/mol. The summed E-state index contributed by atoms with van der Waals surface area (Å²) in [5, 5.41) is 4.06. The summed E-state index contributed by atoms with van der Waals surface area (Å²) in [5.74, 6) is 3.51. The highest BCUT2D eigenvalue weighted by Gasteiger charge is 2.28. The van der Waals surface area contributed by atoms with Crippen molar-refractivity contribution in [3.05, 3.63) is 54.2 Å². The molecule has 1 fully saturated rings. The molecule has 26 heavy (non-hydrogen) atoms. The molecule has 134 valence electrons. The number of amides is 1. The number of aromatic nitrogens is 1. The van der Waals surface area contributed by atoms with Crippen molar-refractivity contribution in [2.24, 2.45) is 0 Å². The average Bonchev–Trinajstić information content (AvgIpc) is 2.68. The van der Waals surface area contributed by atoms with Crippen molar-refractivity contribution < 1.29 is 4.79 Å². The van der Waals surface area contributed by atoms with E-state index in [1.165, 1.54) is 0 Å². The zero-order valence-corrected chi connectivity index (χ0v) is 15.5. The summed E-state index contributed by atoms with van der Waals surface area (Å²) in [4.78, 5) is 19.1. The van der Waals surface area contributed by atoms with Gasteiger partial charge in [0, 0.05) is 17.6 Å². The average molecular weight is 366 g/mol. The minimum Gasteiger partial charge on any atom is -0.325 e. The molecule has 1 aromatic heterocycles. The van der Waals surface area contributed by atoms with Crippen molar-refractivity contribution in [3.8, 4) is 12.3 Å². The van der Waals surface area contributed by atoms with Crippen LogP contribution in [-0.4, -0.2) is 34.9 Å². The van der Waals surface area contributed by atoms with Crippen LogP contribution < -0.4 is 5.32 Å². The first-order chi connectivity index (χ1) is 12.8. The number of terminal acetylenes is 1. The lowest BCUT2D eigenvalue weighted by molar-refractivity contribution is -0.122. The Hall–Kier alpha value is -2.29. The number of carbonyl (C=O) groups is 1. The molecule has 0 saturated carbocycles. The minimum atomic E-state index is -0.133. The summed E-state index contributed by atoms with van der Waals surface area (Å²) in [6.45, 7) is 1.42. The largest absolute Gasteiger partial charge is 0.325 e. The van der Waals surface area contributed by atoms with Gasteiger partial charge in [0.05, 0.1) is 17.6 Å². The molecule has 1 unspecified atom stereocenters. The zero-order valence-electron chi connectivity index (χ0n) is 14.7. The number of benzene rings is 1. The van der Waals surface area contributed by atoms with Gasteiger partial charge in [-0.2, -0.15) is 0 Å². The fourth-order valence-electron chi connectivity index (χ4n) is 3.15. The van der Waals surface area contributed by atoms with Gasteiger partial charge in [0.1, 0.15) is 0 Å². The summed E-state index contributed by atoms with van der Waals surface area (Å²) < 4.78 is 0. The molecule has 2 aromatic rings. The van der Waals surface area contributed by atoms with E-state index in [1.807, 2.05) is 36.4 Å². The smallest absolute Gasteiger partial charge is 0.241 e. The van der Waals surface area contributed by atoms with Gasteiger partial charge in [0.15, 0.2) is 0 Å². The summed E-state index contributed by atoms with van der Waals surface area (Å²) in [5.41, 5.74) is 1.99. The molecule has 0 radical (unpaired) electrons. The van der Waals surface area contributed by atoms with Crippen molar-refractivity contribution in [2.75, 3.05) is 18.4 Å². The third-order valence-corrected chi connectivity index (χ3v) is 5.44. The van der Waals surface area contributed by atoms with Gasteiger partial charge in [-0.3, -0.25) is 9.69 Å². The van der Waals surface area contributed by atoms with E-state index in [-0.39, 0.29) is 11.9 Å². The molecule has 1 aliphatic heterocycles. The summed E-state index contributed by atoms with van der Waals surface area (Å²) in [6.07, 6.45) is 10.3. The van der Waals surface area contributed by atoms with Crippen molar-refractivity contribution in [1.82, 2.24) is 9.88 Å². The maximum atomic E-state index is 12.7. The van der Waals surface area contributed by atoms with Gasteiger partial charge in [0.2, 0.25) is 5.91 Å². The van der Waals surface area contributed by atoms with Gasteiger partial charge >= 0.3 is 0 Å². The number of piperidine rings is 1. The molecular weight excluding hydrogens is 342 g/mol. The molecule has 1 N–H and O–H groups in total. The molecule has 4 nitrogen and oxygen atoms in total. The molecule has 1 aliphatic rings. The van der Waals surface area contributed by atoms with E-state index >= 15 is 0 Å².